The van der Waals surface area contributed by atoms with E-state index in [1.165, 1.54) is 14.2 Å². The van der Waals surface area contributed by atoms with E-state index in [-0.39, 0.29) is 48.2 Å². The van der Waals surface area contributed by atoms with E-state index < -0.39 is 96.7 Å². The van der Waals surface area contributed by atoms with E-state index in [0.29, 0.717) is 32.1 Å². The molecule has 0 spiro atoms. The van der Waals surface area contributed by atoms with Crippen molar-refractivity contribution in [1.82, 2.24) is 0 Å². The third kappa shape index (κ3) is 6.82. The molecular formula is C38H66O14. The van der Waals surface area contributed by atoms with E-state index in [4.69, 9.17) is 28.4 Å². The zero-order chi connectivity index (χ0) is 38.1. The van der Waals surface area contributed by atoms with Crippen molar-refractivity contribution in [2.45, 2.75) is 171 Å². The summed E-state index contributed by atoms with van der Waals surface area (Å²) in [7, 11) is 2.86. The second-order valence-corrected chi connectivity index (χ2v) is 18.0. The van der Waals surface area contributed by atoms with Crippen molar-refractivity contribution in [2.75, 3.05) is 20.8 Å². The highest BCUT2D eigenvalue weighted by atomic mass is 16.8. The molecule has 6 rings (SSSR count). The van der Waals surface area contributed by atoms with Crippen LogP contribution in [0.2, 0.25) is 0 Å². The van der Waals surface area contributed by atoms with E-state index >= 15 is 0 Å². The summed E-state index contributed by atoms with van der Waals surface area (Å²) in [6, 6.07) is 0. The van der Waals surface area contributed by atoms with Crippen LogP contribution in [0.15, 0.2) is 0 Å². The molecule has 52 heavy (non-hydrogen) atoms. The molecule has 2 saturated heterocycles. The summed E-state index contributed by atoms with van der Waals surface area (Å²) < 4.78 is 34.4. The topological polar surface area (TPSA) is 217 Å². The third-order valence-electron chi connectivity index (χ3n) is 14.9. The van der Waals surface area contributed by atoms with Gasteiger partial charge < -0.3 is 69.3 Å². The summed E-state index contributed by atoms with van der Waals surface area (Å²) in [5.74, 6) is -0.905. The Labute approximate surface area is 307 Å². The van der Waals surface area contributed by atoms with E-state index in [1.54, 1.807) is 0 Å². The monoisotopic (exact) mass is 746 g/mol. The van der Waals surface area contributed by atoms with E-state index in [9.17, 15) is 40.9 Å². The number of fused-ring (bicyclic) bond motifs is 5. The van der Waals surface area contributed by atoms with Crippen LogP contribution in [-0.2, 0) is 28.4 Å². The lowest BCUT2D eigenvalue weighted by molar-refractivity contribution is -0.336. The SMILES string of the molecule is CO[C@H]1[C@H](O[C@@H]2O[C@@H](O[C@@H](CC[C@@H](C)[C@H]3C[C@@H](O)C4[C@]5(O)C[C@H](O)C6[C@@H](O)[C@@H](O)CC[C@]6(C)C5CC[C@@]43C)C(C)C)[C@H](O)[C@H]2O)OC[C@@H](OC)[C@@H]1O. The van der Waals surface area contributed by atoms with E-state index in [0.717, 1.165) is 12.8 Å². The van der Waals surface area contributed by atoms with Crippen molar-refractivity contribution < 1.29 is 69.3 Å². The first-order valence-corrected chi connectivity index (χ1v) is 19.5. The van der Waals surface area contributed by atoms with Gasteiger partial charge in [-0.3, -0.25) is 0 Å². The molecule has 0 bridgehead atoms. The Hall–Kier alpha value is -0.560. The van der Waals surface area contributed by atoms with Gasteiger partial charge in [-0.25, -0.2) is 0 Å². The summed E-state index contributed by atoms with van der Waals surface area (Å²) in [4.78, 5) is 0. The van der Waals surface area contributed by atoms with Gasteiger partial charge in [0, 0.05) is 32.5 Å². The Morgan fingerprint density at radius 1 is 0.750 bits per heavy atom. The quantitative estimate of drug-likeness (QED) is 0.146. The average Bonchev–Trinajstić information content (AvgIpc) is 3.51. The second kappa shape index (κ2) is 15.4. The first-order valence-electron chi connectivity index (χ1n) is 19.5. The van der Waals surface area contributed by atoms with Crippen molar-refractivity contribution in [3.05, 3.63) is 0 Å². The van der Waals surface area contributed by atoms with Gasteiger partial charge in [-0.15, -0.1) is 0 Å². The van der Waals surface area contributed by atoms with E-state index in [1.807, 2.05) is 20.8 Å². The molecule has 21 atom stereocenters. The van der Waals surface area contributed by atoms with Crippen molar-refractivity contribution in [3.63, 3.8) is 0 Å². The predicted molar refractivity (Wildman–Crippen MR) is 184 cm³/mol. The largest absolute Gasteiger partial charge is 0.393 e. The van der Waals surface area contributed by atoms with Gasteiger partial charge in [0.05, 0.1) is 42.7 Å². The minimum Gasteiger partial charge on any atom is -0.393 e. The molecule has 6 fully saturated rings. The van der Waals surface area contributed by atoms with Crippen molar-refractivity contribution in [3.8, 4) is 0 Å². The van der Waals surface area contributed by atoms with Gasteiger partial charge in [0.1, 0.15) is 30.5 Å². The lowest BCUT2D eigenvalue weighted by Gasteiger charge is -2.66. The lowest BCUT2D eigenvalue weighted by atomic mass is 9.41. The molecule has 4 aliphatic carbocycles. The van der Waals surface area contributed by atoms with Crippen LogP contribution in [0.25, 0.3) is 0 Å². The van der Waals surface area contributed by atoms with Crippen LogP contribution in [0, 0.1) is 46.3 Å². The molecule has 0 aromatic carbocycles. The molecular weight excluding hydrogens is 680 g/mol. The fourth-order valence-corrected chi connectivity index (χ4v) is 12.2. The number of ether oxygens (including phenoxy) is 6. The highest BCUT2D eigenvalue weighted by Gasteiger charge is 2.71. The van der Waals surface area contributed by atoms with Gasteiger partial charge in [0.25, 0.3) is 0 Å². The van der Waals surface area contributed by atoms with Crippen LogP contribution >= 0.6 is 0 Å². The van der Waals surface area contributed by atoms with Gasteiger partial charge >= 0.3 is 0 Å². The number of aliphatic hydroxyl groups is 8. The standard InChI is InChI=1S/C38H66O14/c1-17(2)23(50-33-29(44)30(45)34(51-33)52-35-31(48-7)28(43)24(47-6)16-49-35)9-8-18(3)19-14-21(40)32-36(19,4)13-11-25-37(5)12-10-20(39)27(42)26(37)22(41)15-38(25,32)46/h17-35,39-46H,8-16H2,1-7H3/t18-,19-,20+,21-,22+,23+,24-,25?,26?,27+,28+,29-,30-,31-,32?,33-,34+,35+,36-,37-,38+/m1/s1. The minimum absolute atomic E-state index is 0.0374. The van der Waals surface area contributed by atoms with Gasteiger partial charge in [-0.05, 0) is 79.4 Å². The number of hydrogen-bond acceptors (Lipinski definition) is 14. The Bertz CT molecular complexity index is 1210. The number of hydrogen-bond donors (Lipinski definition) is 8. The third-order valence-corrected chi connectivity index (χ3v) is 14.9. The summed E-state index contributed by atoms with van der Waals surface area (Å²) in [5.41, 5.74) is -2.25. The fourth-order valence-electron chi connectivity index (χ4n) is 12.2. The zero-order valence-corrected chi connectivity index (χ0v) is 31.9. The van der Waals surface area contributed by atoms with Crippen LogP contribution in [0.3, 0.4) is 0 Å². The molecule has 2 aliphatic heterocycles. The normalized spacial score (nSPS) is 53.3. The lowest BCUT2D eigenvalue weighted by Crippen LogP contribution is -2.70. The molecule has 14 heteroatoms. The van der Waals surface area contributed by atoms with Gasteiger partial charge in [-0.2, -0.15) is 0 Å². The summed E-state index contributed by atoms with van der Waals surface area (Å²) in [5, 5.41) is 89.5. The molecule has 14 nitrogen and oxygen atoms in total. The molecule has 6 aliphatic rings. The van der Waals surface area contributed by atoms with Crippen molar-refractivity contribution in [2.24, 2.45) is 46.3 Å². The summed E-state index contributed by atoms with van der Waals surface area (Å²) >= 11 is 0. The maximum absolute atomic E-state index is 12.6. The molecule has 4 saturated carbocycles. The molecule has 0 aromatic heterocycles. The van der Waals surface area contributed by atoms with Crippen LogP contribution in [0.5, 0.6) is 0 Å². The number of aliphatic hydroxyl groups excluding tert-OH is 7. The molecule has 2 heterocycles. The summed E-state index contributed by atoms with van der Waals surface area (Å²) in [6.45, 7) is 10.5. The van der Waals surface area contributed by atoms with Gasteiger partial charge in [0.15, 0.2) is 18.9 Å². The fraction of sp³-hybridized carbons (Fsp3) is 1.00. The zero-order valence-electron chi connectivity index (χ0n) is 31.9. The maximum Gasteiger partial charge on any atom is 0.192 e. The minimum atomic E-state index is -1.44. The molecule has 0 radical (unpaired) electrons. The second-order valence-electron chi connectivity index (χ2n) is 18.0. The molecule has 302 valence electrons. The maximum atomic E-state index is 12.6. The molecule has 8 N–H and O–H groups in total. The van der Waals surface area contributed by atoms with Crippen LogP contribution in [-0.4, -0.2) is 147 Å². The summed E-state index contributed by atoms with van der Waals surface area (Å²) in [6.07, 6.45) is -8.50. The number of rotatable bonds is 11. The first kappa shape index (κ1) is 41.1. The Balaban J connectivity index is 1.09. The van der Waals surface area contributed by atoms with Crippen molar-refractivity contribution >= 4 is 0 Å². The highest BCUT2D eigenvalue weighted by Crippen LogP contribution is 2.70. The Kier molecular flexibility index (Phi) is 12.2. The van der Waals surface area contributed by atoms with E-state index in [2.05, 4.69) is 13.8 Å². The average molecular weight is 747 g/mol. The Morgan fingerprint density at radius 3 is 2.08 bits per heavy atom. The van der Waals surface area contributed by atoms with Crippen LogP contribution in [0.4, 0.5) is 0 Å². The molecule has 0 aromatic rings. The predicted octanol–water partition coefficient (Wildman–Crippen LogP) is 0.659. The molecule has 3 unspecified atom stereocenters. The first-order chi connectivity index (χ1) is 24.4. The molecule has 0 amide bonds. The Morgan fingerprint density at radius 2 is 1.42 bits per heavy atom. The van der Waals surface area contributed by atoms with Crippen molar-refractivity contribution in [1.29, 1.82) is 0 Å². The number of methoxy groups -OCH3 is 2. The van der Waals surface area contributed by atoms with Crippen LogP contribution in [0.1, 0.15) is 86.0 Å². The highest BCUT2D eigenvalue weighted by molar-refractivity contribution is 5.21. The smallest absolute Gasteiger partial charge is 0.192 e. The van der Waals surface area contributed by atoms with Gasteiger partial charge in [-0.1, -0.05) is 34.6 Å². The van der Waals surface area contributed by atoms with Crippen LogP contribution < -0.4 is 0 Å². The van der Waals surface area contributed by atoms with Gasteiger partial charge in [0.2, 0.25) is 0 Å².